The Morgan fingerprint density at radius 1 is 1.17 bits per heavy atom. The molecule has 0 aromatic rings. The van der Waals surface area contributed by atoms with Gasteiger partial charge in [-0.3, -0.25) is 19.2 Å². The SMILES string of the molecule is CC[C@H](C)[C@@H](NC(=O)CCC(=O)OCC(=O)[C@@]1(O)CC[C@H]2[C@@H]3CCC4=CC(=O)C=C[C@]4(C)[C@@H]3[C@@H](O)C[C@@]21C)C(=O)O. The zero-order valence-electron chi connectivity index (χ0n) is 24.4. The number of fused-ring (bicyclic) bond motifs is 5. The molecular weight excluding hydrogens is 530 g/mol. The number of allylic oxidation sites excluding steroid dienone is 4. The van der Waals surface area contributed by atoms with Gasteiger partial charge in [0.2, 0.25) is 11.7 Å². The van der Waals surface area contributed by atoms with Crippen molar-refractivity contribution in [2.75, 3.05) is 6.61 Å². The van der Waals surface area contributed by atoms with E-state index in [-0.39, 0.29) is 55.1 Å². The van der Waals surface area contributed by atoms with Crippen molar-refractivity contribution in [3.63, 3.8) is 0 Å². The lowest BCUT2D eigenvalue weighted by atomic mass is 9.46. The molecule has 226 valence electrons. The average molecular weight is 574 g/mol. The van der Waals surface area contributed by atoms with E-state index >= 15 is 0 Å². The number of hydrogen-bond acceptors (Lipinski definition) is 8. The Bertz CT molecular complexity index is 1180. The number of esters is 1. The van der Waals surface area contributed by atoms with E-state index in [0.717, 1.165) is 18.4 Å². The summed E-state index contributed by atoms with van der Waals surface area (Å²) in [7, 11) is 0. The van der Waals surface area contributed by atoms with E-state index in [9.17, 15) is 39.3 Å². The fourth-order valence-electron chi connectivity index (χ4n) is 8.27. The highest BCUT2D eigenvalue weighted by atomic mass is 16.5. The van der Waals surface area contributed by atoms with Gasteiger partial charge >= 0.3 is 11.9 Å². The number of carboxylic acids is 1. The molecule has 4 rings (SSSR count). The molecule has 9 atom stereocenters. The zero-order chi connectivity index (χ0) is 30.3. The largest absolute Gasteiger partial charge is 0.480 e. The highest BCUT2D eigenvalue weighted by Gasteiger charge is 2.68. The van der Waals surface area contributed by atoms with Gasteiger partial charge in [-0.05, 0) is 62.0 Å². The highest BCUT2D eigenvalue weighted by Crippen LogP contribution is 2.67. The first-order valence-electron chi connectivity index (χ1n) is 14.7. The molecule has 4 aliphatic carbocycles. The fraction of sp³-hybridized carbons (Fsp3) is 0.710. The predicted octanol–water partition coefficient (Wildman–Crippen LogP) is 2.50. The molecule has 4 aliphatic rings. The van der Waals surface area contributed by atoms with Crippen molar-refractivity contribution in [2.24, 2.45) is 34.5 Å². The quantitative estimate of drug-likeness (QED) is 0.287. The summed E-state index contributed by atoms with van der Waals surface area (Å²) in [5.74, 6) is -3.61. The Hall–Kier alpha value is -2.85. The summed E-state index contributed by atoms with van der Waals surface area (Å²) < 4.78 is 5.15. The predicted molar refractivity (Wildman–Crippen MR) is 147 cm³/mol. The van der Waals surface area contributed by atoms with Crippen LogP contribution in [-0.2, 0) is 28.7 Å². The molecule has 0 saturated heterocycles. The van der Waals surface area contributed by atoms with Crippen LogP contribution in [0.4, 0.5) is 0 Å². The van der Waals surface area contributed by atoms with Crippen LogP contribution in [-0.4, -0.2) is 69.1 Å². The van der Waals surface area contributed by atoms with Gasteiger partial charge in [0.25, 0.3) is 0 Å². The summed E-state index contributed by atoms with van der Waals surface area (Å²) >= 11 is 0. The van der Waals surface area contributed by atoms with E-state index in [1.807, 2.05) is 19.9 Å². The highest BCUT2D eigenvalue weighted by molar-refractivity contribution is 6.01. The number of Topliss-reactive ketones (excluding diaryl/α,β-unsaturated/α-hetero) is 1. The number of aliphatic hydroxyl groups is 2. The van der Waals surface area contributed by atoms with E-state index in [1.54, 1.807) is 19.1 Å². The van der Waals surface area contributed by atoms with Crippen LogP contribution in [0.5, 0.6) is 0 Å². The second kappa shape index (κ2) is 11.4. The number of nitrogens with one attached hydrogen (secondary N) is 1. The van der Waals surface area contributed by atoms with Gasteiger partial charge < -0.3 is 25.4 Å². The molecule has 0 spiro atoms. The summed E-state index contributed by atoms with van der Waals surface area (Å²) in [5, 5.41) is 35.0. The van der Waals surface area contributed by atoms with E-state index in [4.69, 9.17) is 4.74 Å². The van der Waals surface area contributed by atoms with Crippen molar-refractivity contribution >= 4 is 29.4 Å². The minimum atomic E-state index is -1.78. The summed E-state index contributed by atoms with van der Waals surface area (Å²) in [6, 6.07) is -1.06. The minimum Gasteiger partial charge on any atom is -0.480 e. The Morgan fingerprint density at radius 3 is 2.54 bits per heavy atom. The number of aliphatic hydroxyl groups excluding tert-OH is 1. The number of ketones is 2. The first-order valence-corrected chi connectivity index (χ1v) is 14.7. The van der Waals surface area contributed by atoms with Gasteiger partial charge in [-0.25, -0.2) is 4.79 Å². The molecule has 0 aromatic carbocycles. The van der Waals surface area contributed by atoms with Crippen LogP contribution < -0.4 is 5.32 Å². The van der Waals surface area contributed by atoms with Crippen LogP contribution in [0.2, 0.25) is 0 Å². The summed E-state index contributed by atoms with van der Waals surface area (Å²) in [5.41, 5.74) is -2.12. The van der Waals surface area contributed by atoms with Gasteiger partial charge in [-0.1, -0.05) is 45.8 Å². The molecule has 3 saturated carbocycles. The zero-order valence-corrected chi connectivity index (χ0v) is 24.4. The number of carboxylic acid groups (broad SMARTS) is 1. The Kier molecular flexibility index (Phi) is 8.67. The molecule has 0 unspecified atom stereocenters. The summed E-state index contributed by atoms with van der Waals surface area (Å²) in [6.45, 7) is 6.78. The number of carbonyl (C=O) groups is 5. The molecule has 3 fully saturated rings. The third-order valence-electron chi connectivity index (χ3n) is 10.8. The second-order valence-electron chi connectivity index (χ2n) is 13.0. The monoisotopic (exact) mass is 573 g/mol. The van der Waals surface area contributed by atoms with Gasteiger partial charge in [-0.2, -0.15) is 0 Å². The van der Waals surface area contributed by atoms with Crippen molar-refractivity contribution in [1.82, 2.24) is 5.32 Å². The smallest absolute Gasteiger partial charge is 0.326 e. The summed E-state index contributed by atoms with van der Waals surface area (Å²) in [6.07, 6.45) is 6.76. The van der Waals surface area contributed by atoms with E-state index in [2.05, 4.69) is 12.2 Å². The topological polar surface area (TPSA) is 167 Å². The van der Waals surface area contributed by atoms with Crippen molar-refractivity contribution in [1.29, 1.82) is 0 Å². The third kappa shape index (κ3) is 5.41. The van der Waals surface area contributed by atoms with Gasteiger partial charge in [0.05, 0.1) is 12.5 Å². The van der Waals surface area contributed by atoms with Crippen LogP contribution in [0.3, 0.4) is 0 Å². The molecule has 41 heavy (non-hydrogen) atoms. The lowest BCUT2D eigenvalue weighted by Gasteiger charge is -2.59. The lowest BCUT2D eigenvalue weighted by molar-refractivity contribution is -0.181. The van der Waals surface area contributed by atoms with Gasteiger partial charge in [0.15, 0.2) is 12.4 Å². The van der Waals surface area contributed by atoms with Crippen LogP contribution in [0, 0.1) is 34.5 Å². The van der Waals surface area contributed by atoms with E-state index < -0.39 is 58.8 Å². The normalized spacial score (nSPS) is 37.1. The number of rotatable bonds is 10. The first-order chi connectivity index (χ1) is 19.2. The van der Waals surface area contributed by atoms with Crippen molar-refractivity contribution in [2.45, 2.75) is 96.8 Å². The number of ether oxygens (including phenoxy) is 1. The Morgan fingerprint density at radius 2 is 1.88 bits per heavy atom. The van der Waals surface area contributed by atoms with Crippen molar-refractivity contribution < 1.29 is 44.0 Å². The lowest BCUT2D eigenvalue weighted by Crippen LogP contribution is -2.61. The molecular formula is C31H43NO9. The van der Waals surface area contributed by atoms with Crippen LogP contribution in [0.1, 0.15) is 79.1 Å². The maximum absolute atomic E-state index is 13.4. The molecule has 0 radical (unpaired) electrons. The molecule has 1 amide bonds. The van der Waals surface area contributed by atoms with Crippen LogP contribution in [0.15, 0.2) is 23.8 Å². The number of carbonyl (C=O) groups excluding carboxylic acids is 4. The standard InChI is InChI=1S/C31H43NO9/c1-5-17(2)27(28(38)39)32-24(36)8-9-25(37)41-16-23(35)31(40)13-11-21-20-7-6-18-14-19(33)10-12-29(18,3)26(20)22(34)15-30(21,31)4/h10,12,14,17,20-22,26-27,34,40H,5-9,11,13,15-16H2,1-4H3,(H,32,36)(H,38,39)/t17-,20-,21-,22-,26-,27+,29-,30-,31-/m0/s1. The van der Waals surface area contributed by atoms with E-state index in [0.29, 0.717) is 12.8 Å². The maximum atomic E-state index is 13.4. The minimum absolute atomic E-state index is 0.0265. The fourth-order valence-corrected chi connectivity index (χ4v) is 8.27. The molecule has 10 nitrogen and oxygen atoms in total. The molecule has 10 heteroatoms. The van der Waals surface area contributed by atoms with Gasteiger partial charge in [0, 0.05) is 23.2 Å². The van der Waals surface area contributed by atoms with E-state index in [1.165, 1.54) is 0 Å². The molecule has 0 aliphatic heterocycles. The van der Waals surface area contributed by atoms with Gasteiger partial charge in [0.1, 0.15) is 11.6 Å². The molecule has 0 bridgehead atoms. The molecule has 0 heterocycles. The van der Waals surface area contributed by atoms with Crippen LogP contribution in [0.25, 0.3) is 0 Å². The molecule has 4 N–H and O–H groups in total. The summed E-state index contributed by atoms with van der Waals surface area (Å²) in [4.78, 5) is 61.4. The van der Waals surface area contributed by atoms with Gasteiger partial charge in [-0.15, -0.1) is 0 Å². The maximum Gasteiger partial charge on any atom is 0.326 e. The average Bonchev–Trinajstić information content (AvgIpc) is 3.19. The number of aliphatic carboxylic acids is 1. The molecule has 0 aromatic heterocycles. The third-order valence-corrected chi connectivity index (χ3v) is 10.8. The number of amides is 1. The number of hydrogen-bond donors (Lipinski definition) is 4. The van der Waals surface area contributed by atoms with Crippen LogP contribution >= 0.6 is 0 Å². The van der Waals surface area contributed by atoms with Crippen molar-refractivity contribution in [3.8, 4) is 0 Å². The Labute approximate surface area is 240 Å². The Balaban J connectivity index is 1.37. The van der Waals surface area contributed by atoms with Crippen molar-refractivity contribution in [3.05, 3.63) is 23.8 Å². The first kappa shape index (κ1) is 31.1. The second-order valence-corrected chi connectivity index (χ2v) is 13.0.